The molecular formula is C20H17ClN2O4S. The van der Waals surface area contributed by atoms with Crippen LogP contribution in [0.15, 0.2) is 52.4 Å². The third-order valence-electron chi connectivity index (χ3n) is 4.21. The predicted molar refractivity (Wildman–Crippen MR) is 108 cm³/mol. The molecule has 6 nitrogen and oxygen atoms in total. The molecular weight excluding hydrogens is 400 g/mol. The number of H-pyrrole nitrogens is 1. The lowest BCUT2D eigenvalue weighted by Gasteiger charge is -2.19. The van der Waals surface area contributed by atoms with Crippen molar-refractivity contribution in [3.63, 3.8) is 0 Å². The first-order chi connectivity index (χ1) is 13.6. The highest BCUT2D eigenvalue weighted by molar-refractivity contribution is 7.98. The fraction of sp³-hybridized carbons (Fsp3) is 0.200. The maximum Gasteiger partial charge on any atom is 0.252 e. The average molecular weight is 417 g/mol. The number of hydrogen-bond donors (Lipinski definition) is 1. The first kappa shape index (κ1) is 18.9. The van der Waals surface area contributed by atoms with Crippen molar-refractivity contribution in [3.8, 4) is 22.8 Å². The first-order valence-electron chi connectivity index (χ1n) is 8.53. The zero-order valence-electron chi connectivity index (χ0n) is 15.0. The van der Waals surface area contributed by atoms with Gasteiger partial charge in [0.2, 0.25) is 0 Å². The van der Waals surface area contributed by atoms with Gasteiger partial charge in [-0.25, -0.2) is 4.98 Å². The number of aromatic nitrogens is 2. The highest BCUT2D eigenvalue weighted by Gasteiger charge is 2.16. The summed E-state index contributed by atoms with van der Waals surface area (Å²) in [6.45, 7) is 0.680. The fourth-order valence-electron chi connectivity index (χ4n) is 2.88. The first-order valence-corrected chi connectivity index (χ1v) is 9.89. The molecule has 0 fully saturated rings. The summed E-state index contributed by atoms with van der Waals surface area (Å²) in [5.74, 6) is 2.03. The van der Waals surface area contributed by atoms with E-state index in [4.69, 9.17) is 25.8 Å². The van der Waals surface area contributed by atoms with Crippen LogP contribution in [0.3, 0.4) is 0 Å². The van der Waals surface area contributed by atoms with Gasteiger partial charge in [0.15, 0.2) is 11.9 Å². The number of benzene rings is 2. The molecule has 0 saturated carbocycles. The average Bonchev–Trinajstić information content (AvgIpc) is 2.72. The summed E-state index contributed by atoms with van der Waals surface area (Å²) >= 11 is 7.74. The molecule has 0 saturated heterocycles. The lowest BCUT2D eigenvalue weighted by atomic mass is 10.1. The summed E-state index contributed by atoms with van der Waals surface area (Å²) in [4.78, 5) is 19.4. The predicted octanol–water partition coefficient (Wildman–Crippen LogP) is 4.26. The van der Waals surface area contributed by atoms with Crippen molar-refractivity contribution in [1.29, 1.82) is 0 Å². The number of fused-ring (bicyclic) bond motifs is 1. The number of thioether (sulfide) groups is 1. The van der Waals surface area contributed by atoms with Crippen molar-refractivity contribution in [1.82, 2.24) is 9.97 Å². The van der Waals surface area contributed by atoms with Crippen molar-refractivity contribution in [2.24, 2.45) is 0 Å². The van der Waals surface area contributed by atoms with Crippen molar-refractivity contribution in [2.75, 3.05) is 13.9 Å². The Hall–Kier alpha value is -2.48. The van der Waals surface area contributed by atoms with Gasteiger partial charge in [-0.2, -0.15) is 0 Å². The highest BCUT2D eigenvalue weighted by atomic mass is 35.5. The van der Waals surface area contributed by atoms with Gasteiger partial charge >= 0.3 is 0 Å². The molecule has 0 radical (unpaired) electrons. The van der Waals surface area contributed by atoms with E-state index < -0.39 is 0 Å². The second-order valence-electron chi connectivity index (χ2n) is 6.13. The summed E-state index contributed by atoms with van der Waals surface area (Å²) in [5, 5.41) is 1.10. The second kappa shape index (κ2) is 8.26. The van der Waals surface area contributed by atoms with Crippen LogP contribution in [-0.2, 0) is 17.1 Å². The molecule has 28 heavy (non-hydrogen) atoms. The van der Waals surface area contributed by atoms with E-state index in [1.54, 1.807) is 7.11 Å². The van der Waals surface area contributed by atoms with E-state index in [2.05, 4.69) is 9.97 Å². The number of hydrogen-bond acceptors (Lipinski definition) is 6. The number of nitrogens with one attached hydrogen (secondary N) is 1. The summed E-state index contributed by atoms with van der Waals surface area (Å²) in [5.41, 5.74) is 3.18. The lowest BCUT2D eigenvalue weighted by molar-refractivity contribution is -0.0163. The van der Waals surface area contributed by atoms with Gasteiger partial charge in [0.05, 0.1) is 24.4 Å². The van der Waals surface area contributed by atoms with E-state index >= 15 is 0 Å². The normalized spacial score (nSPS) is 12.9. The van der Waals surface area contributed by atoms with Gasteiger partial charge in [0, 0.05) is 22.9 Å². The van der Waals surface area contributed by atoms with Crippen LogP contribution in [-0.4, -0.2) is 23.9 Å². The Bertz CT molecular complexity index is 1050. The summed E-state index contributed by atoms with van der Waals surface area (Å²) < 4.78 is 15.9. The Morgan fingerprint density at radius 2 is 2.07 bits per heavy atom. The van der Waals surface area contributed by atoms with E-state index in [1.165, 1.54) is 17.8 Å². The van der Waals surface area contributed by atoms with E-state index in [1.807, 2.05) is 36.4 Å². The third kappa shape index (κ3) is 4.16. The van der Waals surface area contributed by atoms with Crippen LogP contribution >= 0.6 is 23.4 Å². The Labute approximate surface area is 170 Å². The quantitative estimate of drug-likeness (QED) is 0.495. The Morgan fingerprint density at radius 1 is 1.25 bits per heavy atom. The third-order valence-corrected chi connectivity index (χ3v) is 5.43. The second-order valence-corrected chi connectivity index (χ2v) is 7.50. The molecule has 8 heteroatoms. The Balaban J connectivity index is 1.54. The van der Waals surface area contributed by atoms with Gasteiger partial charge in [-0.3, -0.25) is 4.79 Å². The van der Waals surface area contributed by atoms with E-state index in [9.17, 15) is 4.79 Å². The van der Waals surface area contributed by atoms with E-state index in [0.29, 0.717) is 34.0 Å². The maximum atomic E-state index is 12.1. The number of methoxy groups -OCH3 is 1. The fourth-order valence-corrected chi connectivity index (χ4v) is 4.00. The minimum Gasteiger partial charge on any atom is -0.497 e. The van der Waals surface area contributed by atoms with Gasteiger partial charge in [-0.05, 0) is 42.0 Å². The van der Waals surface area contributed by atoms with Crippen LogP contribution < -0.4 is 15.0 Å². The van der Waals surface area contributed by atoms with Gasteiger partial charge in [-0.1, -0.05) is 23.4 Å². The number of rotatable bonds is 5. The van der Waals surface area contributed by atoms with Crippen molar-refractivity contribution in [3.05, 3.63) is 69.0 Å². The summed E-state index contributed by atoms with van der Waals surface area (Å²) in [6, 6.07) is 12.8. The van der Waals surface area contributed by atoms with Crippen molar-refractivity contribution < 1.29 is 14.2 Å². The molecule has 4 rings (SSSR count). The molecule has 0 amide bonds. The van der Waals surface area contributed by atoms with Crippen molar-refractivity contribution in [2.45, 2.75) is 17.5 Å². The largest absolute Gasteiger partial charge is 0.497 e. The standard InChI is InChI=1S/C20H17ClN2O4S/c1-25-15-4-2-13(3-5-15)17-8-18(24)23-20(22-17)28-10-12-6-14-9-26-11-27-19(14)16(21)7-12/h2-8H,9-11H2,1H3,(H,22,23,24). The number of ether oxygens (including phenoxy) is 3. The van der Waals surface area contributed by atoms with Gasteiger partial charge in [0.1, 0.15) is 11.5 Å². The molecule has 1 N–H and O–H groups in total. The molecule has 0 aliphatic carbocycles. The molecule has 1 aliphatic rings. The molecule has 2 heterocycles. The Kier molecular flexibility index (Phi) is 5.57. The van der Waals surface area contributed by atoms with Crippen LogP contribution in [0.4, 0.5) is 0 Å². The summed E-state index contributed by atoms with van der Waals surface area (Å²) in [7, 11) is 1.61. The van der Waals surface area contributed by atoms with Crippen LogP contribution in [0.5, 0.6) is 11.5 Å². The van der Waals surface area contributed by atoms with Crippen LogP contribution in [0.1, 0.15) is 11.1 Å². The molecule has 2 aromatic carbocycles. The lowest BCUT2D eigenvalue weighted by Crippen LogP contribution is -2.12. The molecule has 0 spiro atoms. The van der Waals surface area contributed by atoms with Crippen LogP contribution in [0.2, 0.25) is 5.02 Å². The van der Waals surface area contributed by atoms with Gasteiger partial charge in [0.25, 0.3) is 5.56 Å². The van der Waals surface area contributed by atoms with Crippen LogP contribution in [0, 0.1) is 0 Å². The smallest absolute Gasteiger partial charge is 0.252 e. The van der Waals surface area contributed by atoms with E-state index in [0.717, 1.165) is 22.4 Å². The topological polar surface area (TPSA) is 73.4 Å². The molecule has 3 aromatic rings. The van der Waals surface area contributed by atoms with E-state index in [-0.39, 0.29) is 12.4 Å². The van der Waals surface area contributed by atoms with Gasteiger partial charge in [-0.15, -0.1) is 0 Å². The number of nitrogens with zero attached hydrogens (tertiary/aromatic N) is 1. The SMILES string of the molecule is COc1ccc(-c2cc(=O)[nH]c(SCc3cc(Cl)c4c(c3)COCO4)n2)cc1. The Morgan fingerprint density at radius 3 is 2.86 bits per heavy atom. The number of aromatic amines is 1. The highest BCUT2D eigenvalue weighted by Crippen LogP contribution is 2.35. The molecule has 0 atom stereocenters. The molecule has 0 unspecified atom stereocenters. The number of halogens is 1. The molecule has 1 aliphatic heterocycles. The zero-order chi connectivity index (χ0) is 19.5. The molecule has 144 valence electrons. The van der Waals surface area contributed by atoms with Crippen molar-refractivity contribution >= 4 is 23.4 Å². The van der Waals surface area contributed by atoms with Crippen LogP contribution in [0.25, 0.3) is 11.3 Å². The zero-order valence-corrected chi connectivity index (χ0v) is 16.6. The monoisotopic (exact) mass is 416 g/mol. The minimum absolute atomic E-state index is 0.200. The summed E-state index contributed by atoms with van der Waals surface area (Å²) in [6.07, 6.45) is 0. The minimum atomic E-state index is -0.200. The van der Waals surface area contributed by atoms with Gasteiger partial charge < -0.3 is 19.2 Å². The maximum absolute atomic E-state index is 12.1. The molecule has 0 bridgehead atoms. The molecule has 1 aromatic heterocycles.